The third kappa shape index (κ3) is 5.16. The SMILES string of the molecule is COCCN(C)C(=O)Cc1cn(CC2CCC(c3ccccc3)CC2)c2cccnc12. The summed E-state index contributed by atoms with van der Waals surface area (Å²) in [5, 5.41) is 0. The number of methoxy groups -OCH3 is 1. The number of rotatable bonds is 8. The predicted octanol–water partition coefficient (Wildman–Crippen LogP) is 4.66. The molecule has 0 atom stereocenters. The van der Waals surface area contributed by atoms with Crippen molar-refractivity contribution >= 4 is 16.9 Å². The number of likely N-dealkylation sites (N-methyl/N-ethyl adjacent to an activating group) is 1. The number of amides is 1. The Morgan fingerprint density at radius 3 is 2.65 bits per heavy atom. The lowest BCUT2D eigenvalue weighted by Crippen LogP contribution is -2.31. The van der Waals surface area contributed by atoms with Crippen LogP contribution in [0.2, 0.25) is 0 Å². The van der Waals surface area contributed by atoms with Gasteiger partial charge in [-0.05, 0) is 55.2 Å². The summed E-state index contributed by atoms with van der Waals surface area (Å²) in [6.45, 7) is 2.15. The van der Waals surface area contributed by atoms with E-state index in [-0.39, 0.29) is 5.91 Å². The summed E-state index contributed by atoms with van der Waals surface area (Å²) in [5.41, 5.74) is 4.58. The van der Waals surface area contributed by atoms with Gasteiger partial charge in [0.05, 0.1) is 24.1 Å². The lowest BCUT2D eigenvalue weighted by molar-refractivity contribution is -0.129. The average Bonchev–Trinajstić information content (AvgIpc) is 3.15. The Labute approximate surface area is 185 Å². The summed E-state index contributed by atoms with van der Waals surface area (Å²) in [4.78, 5) is 19.0. The highest BCUT2D eigenvalue weighted by atomic mass is 16.5. The summed E-state index contributed by atoms with van der Waals surface area (Å²) in [6.07, 6.45) is 9.34. The molecule has 2 heterocycles. The van der Waals surface area contributed by atoms with Crippen LogP contribution in [-0.2, 0) is 22.5 Å². The van der Waals surface area contributed by atoms with E-state index in [2.05, 4.69) is 52.1 Å². The topological polar surface area (TPSA) is 47.4 Å². The molecule has 5 heteroatoms. The highest BCUT2D eigenvalue weighted by molar-refractivity contribution is 5.86. The Balaban J connectivity index is 1.43. The van der Waals surface area contributed by atoms with Crippen molar-refractivity contribution in [1.29, 1.82) is 0 Å². The fourth-order valence-electron chi connectivity index (χ4n) is 4.81. The molecule has 31 heavy (non-hydrogen) atoms. The van der Waals surface area contributed by atoms with Crippen LogP contribution in [0, 0.1) is 5.92 Å². The number of nitrogens with zero attached hydrogens (tertiary/aromatic N) is 3. The summed E-state index contributed by atoms with van der Waals surface area (Å²) in [7, 11) is 3.49. The van der Waals surface area contributed by atoms with Gasteiger partial charge >= 0.3 is 0 Å². The van der Waals surface area contributed by atoms with E-state index in [4.69, 9.17) is 4.74 Å². The molecule has 0 radical (unpaired) electrons. The molecule has 0 bridgehead atoms. The third-order valence-corrected chi connectivity index (χ3v) is 6.68. The van der Waals surface area contributed by atoms with Gasteiger partial charge < -0.3 is 14.2 Å². The molecule has 1 saturated carbocycles. The zero-order valence-electron chi connectivity index (χ0n) is 18.7. The van der Waals surface area contributed by atoms with Crippen LogP contribution < -0.4 is 0 Å². The molecular formula is C26H33N3O2. The first-order valence-corrected chi connectivity index (χ1v) is 11.4. The molecule has 4 rings (SSSR count). The van der Waals surface area contributed by atoms with Crippen molar-refractivity contribution in [3.8, 4) is 0 Å². The minimum Gasteiger partial charge on any atom is -0.383 e. The van der Waals surface area contributed by atoms with Gasteiger partial charge in [0.1, 0.15) is 0 Å². The van der Waals surface area contributed by atoms with Gasteiger partial charge in [-0.15, -0.1) is 0 Å². The Morgan fingerprint density at radius 1 is 1.13 bits per heavy atom. The van der Waals surface area contributed by atoms with Gasteiger partial charge in [-0.25, -0.2) is 0 Å². The van der Waals surface area contributed by atoms with E-state index in [1.54, 1.807) is 12.0 Å². The predicted molar refractivity (Wildman–Crippen MR) is 124 cm³/mol. The Morgan fingerprint density at radius 2 is 1.90 bits per heavy atom. The van der Waals surface area contributed by atoms with Crippen LogP contribution in [0.4, 0.5) is 0 Å². The summed E-state index contributed by atoms with van der Waals surface area (Å²) >= 11 is 0. The van der Waals surface area contributed by atoms with Gasteiger partial charge in [0.2, 0.25) is 5.91 Å². The second-order valence-electron chi connectivity index (χ2n) is 8.79. The average molecular weight is 420 g/mol. The molecule has 0 N–H and O–H groups in total. The number of carbonyl (C=O) groups is 1. The van der Waals surface area contributed by atoms with Crippen molar-refractivity contribution in [3.63, 3.8) is 0 Å². The molecule has 5 nitrogen and oxygen atoms in total. The maximum atomic E-state index is 12.7. The Bertz CT molecular complexity index is 990. The highest BCUT2D eigenvalue weighted by Crippen LogP contribution is 2.37. The molecule has 0 spiro atoms. The largest absolute Gasteiger partial charge is 0.383 e. The van der Waals surface area contributed by atoms with E-state index in [9.17, 15) is 4.79 Å². The first kappa shape index (κ1) is 21.6. The maximum Gasteiger partial charge on any atom is 0.226 e. The minimum absolute atomic E-state index is 0.102. The van der Waals surface area contributed by atoms with Gasteiger partial charge in [0.25, 0.3) is 0 Å². The molecule has 1 aliphatic rings. The van der Waals surface area contributed by atoms with Gasteiger partial charge in [-0.3, -0.25) is 9.78 Å². The third-order valence-electron chi connectivity index (χ3n) is 6.68. The standard InChI is InChI=1S/C26H33N3O2/c1-28(15-16-31-2)25(30)17-23-19-29(24-9-6-14-27-26(23)24)18-20-10-12-22(13-11-20)21-7-4-3-5-8-21/h3-9,14,19-20,22H,10-13,15-18H2,1-2H3. The van der Waals surface area contributed by atoms with Crippen LogP contribution in [0.1, 0.15) is 42.7 Å². The lowest BCUT2D eigenvalue weighted by atomic mass is 9.78. The first-order chi connectivity index (χ1) is 15.2. The zero-order chi connectivity index (χ0) is 21.6. The quantitative estimate of drug-likeness (QED) is 0.534. The molecule has 0 unspecified atom stereocenters. The van der Waals surface area contributed by atoms with Crippen molar-refractivity contribution in [2.24, 2.45) is 5.92 Å². The highest BCUT2D eigenvalue weighted by Gasteiger charge is 2.24. The van der Waals surface area contributed by atoms with Crippen molar-refractivity contribution in [1.82, 2.24) is 14.5 Å². The first-order valence-electron chi connectivity index (χ1n) is 11.4. The number of hydrogen-bond donors (Lipinski definition) is 0. The summed E-state index contributed by atoms with van der Waals surface area (Å²) in [5.74, 6) is 1.46. The number of benzene rings is 1. The molecular weight excluding hydrogens is 386 g/mol. The van der Waals surface area contributed by atoms with Gasteiger partial charge in [-0.2, -0.15) is 0 Å². The van der Waals surface area contributed by atoms with Crippen LogP contribution in [0.3, 0.4) is 0 Å². The van der Waals surface area contributed by atoms with Crippen LogP contribution in [0.25, 0.3) is 11.0 Å². The van der Waals surface area contributed by atoms with Crippen LogP contribution in [0.5, 0.6) is 0 Å². The Hall–Kier alpha value is -2.66. The monoisotopic (exact) mass is 419 g/mol. The summed E-state index contributed by atoms with van der Waals surface area (Å²) < 4.78 is 7.42. The maximum absolute atomic E-state index is 12.7. The van der Waals surface area contributed by atoms with Gasteiger partial charge in [-0.1, -0.05) is 30.3 Å². The molecule has 1 aliphatic carbocycles. The Kier molecular flexibility index (Phi) is 7.03. The molecule has 164 valence electrons. The van der Waals surface area contributed by atoms with Crippen molar-refractivity contribution in [3.05, 3.63) is 66.0 Å². The van der Waals surface area contributed by atoms with E-state index in [0.29, 0.717) is 31.4 Å². The van der Waals surface area contributed by atoms with Gasteiger partial charge in [0.15, 0.2) is 0 Å². The second kappa shape index (κ2) is 10.1. The normalized spacial score (nSPS) is 18.9. The van der Waals surface area contributed by atoms with E-state index in [0.717, 1.165) is 23.1 Å². The van der Waals surface area contributed by atoms with Crippen molar-refractivity contribution in [2.45, 2.75) is 44.6 Å². The molecule has 1 aromatic carbocycles. The lowest BCUT2D eigenvalue weighted by Gasteiger charge is -2.29. The van der Waals surface area contributed by atoms with Crippen LogP contribution >= 0.6 is 0 Å². The molecule has 0 aliphatic heterocycles. The summed E-state index contributed by atoms with van der Waals surface area (Å²) in [6, 6.07) is 15.0. The van der Waals surface area contributed by atoms with E-state index < -0.39 is 0 Å². The molecule has 0 saturated heterocycles. The molecule has 3 aromatic rings. The zero-order valence-corrected chi connectivity index (χ0v) is 18.7. The van der Waals surface area contributed by atoms with Gasteiger partial charge in [0, 0.05) is 45.2 Å². The molecule has 1 fully saturated rings. The fraction of sp³-hybridized carbons (Fsp3) is 0.462. The van der Waals surface area contributed by atoms with E-state index in [1.165, 1.54) is 31.2 Å². The van der Waals surface area contributed by atoms with Crippen LogP contribution in [0.15, 0.2) is 54.9 Å². The number of carbonyl (C=O) groups excluding carboxylic acids is 1. The molecule has 1 amide bonds. The number of pyridine rings is 1. The second-order valence-corrected chi connectivity index (χ2v) is 8.79. The molecule has 2 aromatic heterocycles. The van der Waals surface area contributed by atoms with Crippen molar-refractivity contribution < 1.29 is 9.53 Å². The number of fused-ring (bicyclic) bond motifs is 1. The minimum atomic E-state index is 0.102. The van der Waals surface area contributed by atoms with E-state index in [1.807, 2.05) is 19.3 Å². The fourth-order valence-corrected chi connectivity index (χ4v) is 4.81. The van der Waals surface area contributed by atoms with E-state index >= 15 is 0 Å². The number of hydrogen-bond acceptors (Lipinski definition) is 3. The van der Waals surface area contributed by atoms with Crippen LogP contribution in [-0.4, -0.2) is 47.7 Å². The van der Waals surface area contributed by atoms with Crippen molar-refractivity contribution in [2.75, 3.05) is 27.3 Å². The number of aromatic nitrogens is 2. The smallest absolute Gasteiger partial charge is 0.226 e. The number of ether oxygens (including phenoxy) is 1.